The first-order valence-electron chi connectivity index (χ1n) is 5.88. The molecule has 1 aliphatic rings. The Bertz CT molecular complexity index is 621. The van der Waals surface area contributed by atoms with Gasteiger partial charge in [-0.3, -0.25) is 4.79 Å². The Balaban J connectivity index is 1.98. The molecule has 0 fully saturated rings. The van der Waals surface area contributed by atoms with Crippen LogP contribution in [0, 0.1) is 0 Å². The number of H-pyrrole nitrogens is 1. The molecule has 0 aliphatic carbocycles. The zero-order chi connectivity index (χ0) is 13.2. The highest BCUT2D eigenvalue weighted by atomic mass is 16.6. The maximum atomic E-state index is 10.8. The lowest BCUT2D eigenvalue weighted by molar-refractivity contribution is -0.136. The van der Waals surface area contributed by atoms with Crippen LogP contribution in [-0.4, -0.2) is 34.3 Å². The van der Waals surface area contributed by atoms with Gasteiger partial charge in [-0.1, -0.05) is 0 Å². The molecule has 0 saturated carbocycles. The highest BCUT2D eigenvalue weighted by Gasteiger charge is 2.16. The second kappa shape index (κ2) is 4.64. The predicted molar refractivity (Wildman–Crippen MR) is 66.4 cm³/mol. The summed E-state index contributed by atoms with van der Waals surface area (Å²) in [5.41, 5.74) is 2.00. The minimum absolute atomic E-state index is 0.0935. The van der Waals surface area contributed by atoms with Crippen LogP contribution in [0.1, 0.15) is 5.69 Å². The van der Waals surface area contributed by atoms with E-state index in [4.69, 9.17) is 14.6 Å². The van der Waals surface area contributed by atoms with Crippen molar-refractivity contribution in [2.24, 2.45) is 0 Å². The number of aromatic amines is 1. The maximum absolute atomic E-state index is 10.8. The number of carboxylic acid groups (broad SMARTS) is 1. The molecule has 2 heterocycles. The molecule has 0 spiro atoms. The number of hydrogen-bond donors (Lipinski definition) is 2. The molecule has 3 rings (SSSR count). The van der Waals surface area contributed by atoms with Crippen molar-refractivity contribution in [3.63, 3.8) is 0 Å². The van der Waals surface area contributed by atoms with E-state index in [0.29, 0.717) is 36.1 Å². The molecule has 0 amide bonds. The van der Waals surface area contributed by atoms with Crippen molar-refractivity contribution < 1.29 is 19.4 Å². The quantitative estimate of drug-likeness (QED) is 0.873. The normalized spacial score (nSPS) is 13.3. The summed E-state index contributed by atoms with van der Waals surface area (Å²) < 4.78 is 10.9. The topological polar surface area (TPSA) is 84.4 Å². The van der Waals surface area contributed by atoms with E-state index in [1.165, 1.54) is 6.33 Å². The number of imidazole rings is 1. The summed E-state index contributed by atoms with van der Waals surface area (Å²) >= 11 is 0. The van der Waals surface area contributed by atoms with E-state index >= 15 is 0 Å². The van der Waals surface area contributed by atoms with Crippen LogP contribution >= 0.6 is 0 Å². The molecule has 98 valence electrons. The van der Waals surface area contributed by atoms with E-state index in [0.717, 1.165) is 5.56 Å². The fourth-order valence-electron chi connectivity index (χ4n) is 2.05. The first kappa shape index (κ1) is 11.6. The average molecular weight is 260 g/mol. The lowest BCUT2D eigenvalue weighted by atomic mass is 10.1. The average Bonchev–Trinajstić information content (AvgIpc) is 2.85. The number of rotatable bonds is 3. The molecule has 0 radical (unpaired) electrons. The van der Waals surface area contributed by atoms with E-state index < -0.39 is 5.97 Å². The van der Waals surface area contributed by atoms with E-state index in [9.17, 15) is 4.79 Å². The summed E-state index contributed by atoms with van der Waals surface area (Å²) in [6.07, 6.45) is 1.40. The minimum Gasteiger partial charge on any atom is -0.486 e. The molecule has 6 heteroatoms. The number of fused-ring (bicyclic) bond motifs is 1. The van der Waals surface area contributed by atoms with Gasteiger partial charge in [0.25, 0.3) is 0 Å². The fraction of sp³-hybridized carbons (Fsp3) is 0.231. The predicted octanol–water partition coefficient (Wildman–Crippen LogP) is 1.47. The number of nitrogens with zero attached hydrogens (tertiary/aromatic N) is 1. The van der Waals surface area contributed by atoms with E-state index in [1.54, 1.807) is 0 Å². The Morgan fingerprint density at radius 3 is 2.89 bits per heavy atom. The molecule has 19 heavy (non-hydrogen) atoms. The number of hydrogen-bond acceptors (Lipinski definition) is 4. The fourth-order valence-corrected chi connectivity index (χ4v) is 2.05. The summed E-state index contributed by atoms with van der Waals surface area (Å²) in [6, 6.07) is 5.47. The van der Waals surface area contributed by atoms with Crippen molar-refractivity contribution in [2.75, 3.05) is 13.2 Å². The van der Waals surface area contributed by atoms with Crippen LogP contribution in [0.15, 0.2) is 24.5 Å². The Labute approximate surface area is 109 Å². The summed E-state index contributed by atoms with van der Waals surface area (Å²) in [6.45, 7) is 1.05. The third-order valence-corrected chi connectivity index (χ3v) is 2.86. The summed E-state index contributed by atoms with van der Waals surface area (Å²) in [5, 5.41) is 8.86. The van der Waals surface area contributed by atoms with Gasteiger partial charge in [-0.2, -0.15) is 0 Å². The molecule has 1 aromatic heterocycles. The number of ether oxygens (including phenoxy) is 2. The van der Waals surface area contributed by atoms with Crippen molar-refractivity contribution in [3.05, 3.63) is 30.2 Å². The van der Waals surface area contributed by atoms with Crippen LogP contribution in [0.5, 0.6) is 11.5 Å². The highest BCUT2D eigenvalue weighted by molar-refractivity contribution is 5.74. The van der Waals surface area contributed by atoms with E-state index in [-0.39, 0.29) is 6.42 Å². The van der Waals surface area contributed by atoms with E-state index in [2.05, 4.69) is 9.97 Å². The van der Waals surface area contributed by atoms with Gasteiger partial charge in [-0.05, 0) is 18.2 Å². The van der Waals surface area contributed by atoms with Gasteiger partial charge >= 0.3 is 5.97 Å². The number of nitrogens with one attached hydrogen (secondary N) is 1. The number of aromatic nitrogens is 2. The summed E-state index contributed by atoms with van der Waals surface area (Å²) in [7, 11) is 0. The third-order valence-electron chi connectivity index (χ3n) is 2.86. The van der Waals surface area contributed by atoms with Gasteiger partial charge in [-0.15, -0.1) is 0 Å². The molecule has 2 aromatic rings. The molecular formula is C13H12N2O4. The van der Waals surface area contributed by atoms with Gasteiger partial charge in [0.1, 0.15) is 13.2 Å². The first-order valence-corrected chi connectivity index (χ1v) is 5.88. The lowest BCUT2D eigenvalue weighted by Crippen LogP contribution is -2.15. The maximum Gasteiger partial charge on any atom is 0.309 e. The van der Waals surface area contributed by atoms with Crippen LogP contribution in [0.4, 0.5) is 0 Å². The van der Waals surface area contributed by atoms with Gasteiger partial charge in [0.05, 0.1) is 24.1 Å². The standard InChI is InChI=1S/C13H12N2O4/c16-12(17)6-9-13(15-7-14-9)8-1-2-10-11(5-8)19-4-3-18-10/h1-2,5,7H,3-4,6H2,(H,14,15)(H,16,17). The zero-order valence-electron chi connectivity index (χ0n) is 10.0. The number of aliphatic carboxylic acids is 1. The van der Waals surface area contributed by atoms with Crippen LogP contribution in [-0.2, 0) is 11.2 Å². The molecule has 2 N–H and O–H groups in total. The number of benzene rings is 1. The van der Waals surface area contributed by atoms with Crippen LogP contribution in [0.25, 0.3) is 11.3 Å². The number of carbonyl (C=O) groups is 1. The van der Waals surface area contributed by atoms with Gasteiger partial charge in [0, 0.05) is 5.56 Å². The van der Waals surface area contributed by atoms with E-state index in [1.807, 2.05) is 18.2 Å². The monoisotopic (exact) mass is 260 g/mol. The number of carboxylic acids is 1. The highest BCUT2D eigenvalue weighted by Crippen LogP contribution is 2.34. The minimum atomic E-state index is -0.900. The Kier molecular flexibility index (Phi) is 2.83. The molecular weight excluding hydrogens is 248 g/mol. The zero-order valence-corrected chi connectivity index (χ0v) is 10.0. The van der Waals surface area contributed by atoms with Gasteiger partial charge in [0.2, 0.25) is 0 Å². The Hall–Kier alpha value is -2.50. The molecule has 0 bridgehead atoms. The first-order chi connectivity index (χ1) is 9.24. The molecule has 0 saturated heterocycles. The van der Waals surface area contributed by atoms with Crippen molar-refractivity contribution >= 4 is 5.97 Å². The Morgan fingerprint density at radius 2 is 2.11 bits per heavy atom. The van der Waals surface area contributed by atoms with Gasteiger partial charge in [0.15, 0.2) is 11.5 Å². The van der Waals surface area contributed by atoms with Gasteiger partial charge < -0.3 is 19.6 Å². The SMILES string of the molecule is O=C(O)Cc1[nH]cnc1-c1ccc2c(c1)OCCO2. The molecule has 6 nitrogen and oxygen atoms in total. The van der Waals surface area contributed by atoms with Crippen molar-refractivity contribution in [1.29, 1.82) is 0 Å². The van der Waals surface area contributed by atoms with Gasteiger partial charge in [-0.25, -0.2) is 4.98 Å². The molecule has 0 atom stereocenters. The van der Waals surface area contributed by atoms with Crippen LogP contribution in [0.3, 0.4) is 0 Å². The third kappa shape index (κ3) is 2.24. The van der Waals surface area contributed by atoms with Crippen LogP contribution < -0.4 is 9.47 Å². The van der Waals surface area contributed by atoms with Crippen molar-refractivity contribution in [2.45, 2.75) is 6.42 Å². The largest absolute Gasteiger partial charge is 0.486 e. The Morgan fingerprint density at radius 1 is 1.32 bits per heavy atom. The summed E-state index contributed by atoms with van der Waals surface area (Å²) in [4.78, 5) is 17.8. The molecule has 1 aliphatic heterocycles. The van der Waals surface area contributed by atoms with Crippen molar-refractivity contribution in [1.82, 2.24) is 9.97 Å². The second-order valence-electron chi connectivity index (χ2n) is 4.16. The second-order valence-corrected chi connectivity index (χ2v) is 4.16. The molecule has 0 unspecified atom stereocenters. The van der Waals surface area contributed by atoms with Crippen molar-refractivity contribution in [3.8, 4) is 22.8 Å². The summed E-state index contributed by atoms with van der Waals surface area (Å²) in [5.74, 6) is 0.460. The molecule has 1 aromatic carbocycles. The van der Waals surface area contributed by atoms with Crippen LogP contribution in [0.2, 0.25) is 0 Å². The smallest absolute Gasteiger partial charge is 0.309 e. The lowest BCUT2D eigenvalue weighted by Gasteiger charge is -2.18.